The second kappa shape index (κ2) is 15.5. The molecule has 0 atom stereocenters. The van der Waals surface area contributed by atoms with Crippen LogP contribution >= 0.6 is 0 Å². The van der Waals surface area contributed by atoms with Crippen molar-refractivity contribution >= 4 is 11.8 Å². The zero-order valence-electron chi connectivity index (χ0n) is 23.9. The Morgan fingerprint density at radius 2 is 1.65 bits per heavy atom. The number of allylic oxidation sites excluding steroid dienone is 1. The van der Waals surface area contributed by atoms with Gasteiger partial charge in [0.05, 0.1) is 21.3 Å². The average molecular weight is 507 g/mol. The molecule has 0 N–H and O–H groups in total. The number of fused-ring (bicyclic) bond motifs is 1. The molecule has 0 saturated carbocycles. The predicted molar refractivity (Wildman–Crippen MR) is 156 cm³/mol. The summed E-state index contributed by atoms with van der Waals surface area (Å²) >= 11 is 0. The minimum Gasteiger partial charge on any atom is -0.497 e. The highest BCUT2D eigenvalue weighted by molar-refractivity contribution is 6.00. The summed E-state index contributed by atoms with van der Waals surface area (Å²) in [6.45, 7) is 6.42. The molecule has 0 unspecified atom stereocenters. The summed E-state index contributed by atoms with van der Waals surface area (Å²) in [5.41, 5.74) is 6.63. The van der Waals surface area contributed by atoms with Gasteiger partial charge in [-0.2, -0.15) is 0 Å². The Balaban J connectivity index is 2.03. The van der Waals surface area contributed by atoms with E-state index in [0.29, 0.717) is 0 Å². The Kier molecular flexibility index (Phi) is 12.1. The molecule has 4 heteroatoms. The quantitative estimate of drug-likeness (QED) is 0.170. The third-order valence-electron chi connectivity index (χ3n) is 7.43. The maximum absolute atomic E-state index is 5.91. The summed E-state index contributed by atoms with van der Waals surface area (Å²) in [5.74, 6) is 2.59. The topological polar surface area (TPSA) is 30.7 Å². The predicted octanol–water partition coefficient (Wildman–Crippen LogP) is 8.22. The number of benzene rings is 2. The molecule has 0 saturated heterocycles. The van der Waals surface area contributed by atoms with Crippen molar-refractivity contribution in [3.63, 3.8) is 0 Å². The van der Waals surface area contributed by atoms with Gasteiger partial charge in [-0.05, 0) is 43.0 Å². The highest BCUT2D eigenvalue weighted by atomic mass is 16.5. The van der Waals surface area contributed by atoms with Gasteiger partial charge in [0.25, 0.3) is 0 Å². The fourth-order valence-electron chi connectivity index (χ4n) is 5.38. The molecule has 0 radical (unpaired) electrons. The van der Waals surface area contributed by atoms with Crippen LogP contribution in [0.5, 0.6) is 17.2 Å². The number of nitrogens with zero attached hydrogens (tertiary/aromatic N) is 1. The van der Waals surface area contributed by atoms with Crippen molar-refractivity contribution in [1.29, 1.82) is 0 Å². The van der Waals surface area contributed by atoms with Gasteiger partial charge in [-0.3, -0.25) is 0 Å². The maximum atomic E-state index is 5.91. The van der Waals surface area contributed by atoms with E-state index in [-0.39, 0.29) is 0 Å². The largest absolute Gasteiger partial charge is 0.497 e. The first-order valence-electron chi connectivity index (χ1n) is 14.3. The molecule has 37 heavy (non-hydrogen) atoms. The van der Waals surface area contributed by atoms with Crippen LogP contribution in [0.3, 0.4) is 0 Å². The van der Waals surface area contributed by atoms with Crippen molar-refractivity contribution in [3.05, 3.63) is 58.7 Å². The third-order valence-corrected chi connectivity index (χ3v) is 7.43. The smallest absolute Gasteiger partial charge is 0.184 e. The van der Waals surface area contributed by atoms with Crippen LogP contribution in [0.1, 0.15) is 100 Å². The Morgan fingerprint density at radius 3 is 2.38 bits per heavy atom. The van der Waals surface area contributed by atoms with E-state index in [1.165, 1.54) is 79.3 Å². The minimum atomic E-state index is 0.821. The summed E-state index contributed by atoms with van der Waals surface area (Å²) < 4.78 is 19.9. The normalized spacial score (nSPS) is 13.2. The van der Waals surface area contributed by atoms with E-state index in [1.807, 2.05) is 6.07 Å². The first-order valence-corrected chi connectivity index (χ1v) is 14.3. The molecular weight excluding hydrogens is 458 g/mol. The van der Waals surface area contributed by atoms with Crippen LogP contribution < -0.4 is 14.2 Å². The minimum absolute atomic E-state index is 0.821. The average Bonchev–Trinajstić information content (AvgIpc) is 2.93. The van der Waals surface area contributed by atoms with E-state index in [9.17, 15) is 0 Å². The van der Waals surface area contributed by atoms with Gasteiger partial charge in [-0.1, -0.05) is 76.7 Å². The zero-order chi connectivity index (χ0) is 26.5. The molecule has 4 nitrogen and oxygen atoms in total. The van der Waals surface area contributed by atoms with Gasteiger partial charge in [0.2, 0.25) is 0 Å². The van der Waals surface area contributed by atoms with Crippen molar-refractivity contribution in [3.8, 4) is 17.2 Å². The second-order valence-electron chi connectivity index (χ2n) is 10.1. The third kappa shape index (κ3) is 7.87. The highest BCUT2D eigenvalue weighted by Gasteiger charge is 2.30. The van der Waals surface area contributed by atoms with E-state index < -0.39 is 0 Å². The molecule has 0 fully saturated rings. The summed E-state index contributed by atoms with van der Waals surface area (Å²) in [6.07, 6.45) is 17.9. The van der Waals surface area contributed by atoms with Gasteiger partial charge in [0.15, 0.2) is 23.8 Å². The van der Waals surface area contributed by atoms with E-state index in [4.69, 9.17) is 14.2 Å². The van der Waals surface area contributed by atoms with E-state index in [1.54, 1.807) is 21.3 Å². The van der Waals surface area contributed by atoms with Crippen molar-refractivity contribution in [2.24, 2.45) is 0 Å². The summed E-state index contributed by atoms with van der Waals surface area (Å²) in [6, 6.07) is 10.7. The lowest BCUT2D eigenvalue weighted by atomic mass is 9.88. The SMILES string of the molecule is CCCCC/C=C\c1c2c(cc(OC)c1OC)C(CCCCCCC)=[N+](Cc1cccc(OC)c1)CC2. The second-order valence-corrected chi connectivity index (χ2v) is 10.1. The molecule has 1 aliphatic rings. The van der Waals surface area contributed by atoms with Crippen molar-refractivity contribution in [2.45, 2.75) is 91.0 Å². The number of hydrogen-bond donors (Lipinski definition) is 0. The molecule has 0 aromatic heterocycles. The molecule has 1 aliphatic heterocycles. The Hall–Kier alpha value is -2.75. The van der Waals surface area contributed by atoms with Crippen molar-refractivity contribution in [1.82, 2.24) is 0 Å². The number of hydrogen-bond acceptors (Lipinski definition) is 3. The fraction of sp³-hybridized carbons (Fsp3) is 0.545. The monoisotopic (exact) mass is 506 g/mol. The van der Waals surface area contributed by atoms with Gasteiger partial charge in [0, 0.05) is 29.5 Å². The van der Waals surface area contributed by atoms with Crippen LogP contribution in [-0.2, 0) is 13.0 Å². The van der Waals surface area contributed by atoms with Crippen LogP contribution in [0, 0.1) is 0 Å². The van der Waals surface area contributed by atoms with E-state index in [2.05, 4.69) is 54.8 Å². The summed E-state index contributed by atoms with van der Waals surface area (Å²) in [7, 11) is 5.25. The molecule has 3 rings (SSSR count). The number of ether oxygens (including phenoxy) is 3. The van der Waals surface area contributed by atoms with E-state index in [0.717, 1.165) is 49.6 Å². The molecule has 0 spiro atoms. The van der Waals surface area contributed by atoms with Crippen molar-refractivity contribution in [2.75, 3.05) is 27.9 Å². The van der Waals surface area contributed by atoms with Crippen molar-refractivity contribution < 1.29 is 18.8 Å². The van der Waals surface area contributed by atoms with E-state index >= 15 is 0 Å². The standard InChI is InChI=1S/C33H48NO3/c1-6-8-10-12-14-19-29-28-21-22-34(25-26-17-16-18-27(23-26)35-3)31(20-15-13-11-9-7-2)30(28)24-32(36-4)33(29)37-5/h14,16-19,23-24H,6-13,15,20-22,25H2,1-5H3/q+1/b19-14-. The van der Waals surface area contributed by atoms with Gasteiger partial charge in [-0.15, -0.1) is 0 Å². The highest BCUT2D eigenvalue weighted by Crippen LogP contribution is 2.39. The molecular formula is C33H48NO3+. The van der Waals surface area contributed by atoms with Gasteiger partial charge < -0.3 is 14.2 Å². The first kappa shape index (κ1) is 28.8. The van der Waals surface area contributed by atoms with Crippen LogP contribution in [-0.4, -0.2) is 38.2 Å². The molecule has 2 aromatic rings. The number of unbranched alkanes of at least 4 members (excludes halogenated alkanes) is 7. The van der Waals surface area contributed by atoms with Crippen LogP contribution in [0.15, 0.2) is 36.4 Å². The van der Waals surface area contributed by atoms with Crippen LogP contribution in [0.25, 0.3) is 6.08 Å². The van der Waals surface area contributed by atoms with Crippen LogP contribution in [0.2, 0.25) is 0 Å². The number of methoxy groups -OCH3 is 3. The Labute approximate surface area is 225 Å². The fourth-order valence-corrected chi connectivity index (χ4v) is 5.38. The molecule has 0 aliphatic carbocycles. The van der Waals surface area contributed by atoms with Gasteiger partial charge in [0.1, 0.15) is 12.3 Å². The molecule has 0 amide bonds. The molecule has 2 aromatic carbocycles. The zero-order valence-corrected chi connectivity index (χ0v) is 23.9. The Bertz CT molecular complexity index is 1050. The van der Waals surface area contributed by atoms with Crippen LogP contribution in [0.4, 0.5) is 0 Å². The molecule has 202 valence electrons. The molecule has 0 bridgehead atoms. The summed E-state index contributed by atoms with van der Waals surface area (Å²) in [4.78, 5) is 0. The summed E-state index contributed by atoms with van der Waals surface area (Å²) in [5, 5.41) is 0. The van der Waals surface area contributed by atoms with Gasteiger partial charge in [-0.25, -0.2) is 4.58 Å². The number of rotatable bonds is 16. The first-order chi connectivity index (χ1) is 18.2. The Morgan fingerprint density at radius 1 is 0.865 bits per heavy atom. The molecule has 1 heterocycles. The maximum Gasteiger partial charge on any atom is 0.184 e. The van der Waals surface area contributed by atoms with Gasteiger partial charge >= 0.3 is 0 Å². The lowest BCUT2D eigenvalue weighted by Gasteiger charge is -2.24. The lowest BCUT2D eigenvalue weighted by Crippen LogP contribution is -2.30. The lowest BCUT2D eigenvalue weighted by molar-refractivity contribution is -0.545.